The van der Waals surface area contributed by atoms with Crippen molar-refractivity contribution in [2.75, 3.05) is 10.0 Å². The monoisotopic (exact) mass is 448 g/mol. The van der Waals surface area contributed by atoms with Crippen LogP contribution >= 0.6 is 0 Å². The van der Waals surface area contributed by atoms with E-state index in [1.54, 1.807) is 72.5 Å². The molecule has 0 atom stereocenters. The molecule has 0 saturated heterocycles. The molecule has 0 aliphatic carbocycles. The summed E-state index contributed by atoms with van der Waals surface area (Å²) in [7, 11) is -3.83. The molecule has 2 N–H and O–H groups in total. The first-order valence-electron chi connectivity index (χ1n) is 9.67. The Morgan fingerprint density at radius 3 is 2.41 bits per heavy atom. The normalized spacial score (nSPS) is 11.2. The summed E-state index contributed by atoms with van der Waals surface area (Å²) in [6.45, 7) is 3.18. The number of aryl methyl sites for hydroxylation is 1. The maximum atomic E-state index is 12.7. The highest BCUT2D eigenvalue weighted by atomic mass is 32.2. The van der Waals surface area contributed by atoms with Crippen LogP contribution in [0, 0.1) is 6.92 Å². The van der Waals surface area contributed by atoms with E-state index in [1.165, 1.54) is 19.1 Å². The summed E-state index contributed by atoms with van der Waals surface area (Å²) in [4.78, 5) is 20.3. The second kappa shape index (κ2) is 8.60. The number of hydrogen-bond acceptors (Lipinski definition) is 7. The fraction of sp³-hybridized carbons (Fsp3) is 0.0909. The predicted molar refractivity (Wildman–Crippen MR) is 121 cm³/mol. The molecule has 2 aromatic heterocycles. The number of ketones is 1. The van der Waals surface area contributed by atoms with E-state index in [9.17, 15) is 13.2 Å². The molecule has 0 unspecified atom stereocenters. The van der Waals surface area contributed by atoms with Gasteiger partial charge in [0.15, 0.2) is 11.6 Å². The third kappa shape index (κ3) is 4.81. The Morgan fingerprint density at radius 1 is 0.969 bits per heavy atom. The molecule has 32 heavy (non-hydrogen) atoms. The van der Waals surface area contributed by atoms with Crippen LogP contribution in [0.15, 0.2) is 78.0 Å². The van der Waals surface area contributed by atoms with Crippen molar-refractivity contribution in [1.82, 2.24) is 19.7 Å². The molecule has 0 spiro atoms. The molecular formula is C22H20N6O3S. The van der Waals surface area contributed by atoms with E-state index >= 15 is 0 Å². The molecule has 0 aliphatic rings. The number of benzene rings is 2. The summed E-state index contributed by atoms with van der Waals surface area (Å²) < 4.78 is 29.5. The molecule has 2 aromatic carbocycles. The number of anilines is 3. The molecule has 10 heteroatoms. The lowest BCUT2D eigenvalue weighted by Crippen LogP contribution is -2.13. The number of carbonyl (C=O) groups is 1. The molecule has 0 radical (unpaired) electrons. The predicted octanol–water partition coefficient (Wildman–Crippen LogP) is 3.72. The van der Waals surface area contributed by atoms with E-state index in [0.717, 1.165) is 5.69 Å². The maximum absolute atomic E-state index is 12.7. The molecule has 162 valence electrons. The third-order valence-corrected chi connectivity index (χ3v) is 5.90. The average molecular weight is 449 g/mol. The molecular weight excluding hydrogens is 428 g/mol. The van der Waals surface area contributed by atoms with Crippen LogP contribution in [-0.2, 0) is 10.0 Å². The smallest absolute Gasteiger partial charge is 0.261 e. The zero-order valence-electron chi connectivity index (χ0n) is 17.4. The Morgan fingerprint density at radius 2 is 1.72 bits per heavy atom. The second-order valence-corrected chi connectivity index (χ2v) is 8.68. The highest BCUT2D eigenvalue weighted by molar-refractivity contribution is 7.92. The number of sulfonamides is 1. The lowest BCUT2D eigenvalue weighted by atomic mass is 10.2. The average Bonchev–Trinajstić information content (AvgIpc) is 3.30. The molecule has 4 rings (SSSR count). The number of rotatable bonds is 7. The fourth-order valence-corrected chi connectivity index (χ4v) is 4.11. The van der Waals surface area contributed by atoms with Crippen LogP contribution in [0.3, 0.4) is 0 Å². The number of aromatic nitrogens is 4. The second-order valence-electron chi connectivity index (χ2n) is 7.00. The minimum Gasteiger partial charge on any atom is -0.340 e. The van der Waals surface area contributed by atoms with Crippen LogP contribution in [0.4, 0.5) is 17.2 Å². The molecule has 0 bridgehead atoms. The van der Waals surface area contributed by atoms with Crippen molar-refractivity contribution in [3.8, 4) is 5.82 Å². The largest absolute Gasteiger partial charge is 0.340 e. The van der Waals surface area contributed by atoms with E-state index < -0.39 is 10.0 Å². The standard InChI is InChI=1S/C22H20N6O3S/c1-15(29)17-5-3-6-20(13-17)32(30,31)27-19-9-7-18(8-10-19)26-21-14-22(25-16(2)24-21)28-12-4-11-23-28/h3-14,27H,1-2H3,(H,24,25,26). The van der Waals surface area contributed by atoms with Crippen LogP contribution < -0.4 is 10.0 Å². The van der Waals surface area contributed by atoms with Gasteiger partial charge in [0.1, 0.15) is 11.6 Å². The number of nitrogens with one attached hydrogen (secondary N) is 2. The van der Waals surface area contributed by atoms with Crippen LogP contribution in [-0.4, -0.2) is 33.9 Å². The highest BCUT2D eigenvalue weighted by Crippen LogP contribution is 2.22. The van der Waals surface area contributed by atoms with Gasteiger partial charge in [-0.2, -0.15) is 5.10 Å². The first-order valence-corrected chi connectivity index (χ1v) is 11.2. The summed E-state index contributed by atoms with van der Waals surface area (Å²) in [6.07, 6.45) is 3.46. The first kappa shape index (κ1) is 21.2. The van der Waals surface area contributed by atoms with Gasteiger partial charge in [-0.05, 0) is 56.3 Å². The maximum Gasteiger partial charge on any atom is 0.261 e. The zero-order chi connectivity index (χ0) is 22.7. The van der Waals surface area contributed by atoms with Gasteiger partial charge in [-0.25, -0.2) is 23.1 Å². The van der Waals surface area contributed by atoms with E-state index in [2.05, 4.69) is 25.1 Å². The van der Waals surface area contributed by atoms with Gasteiger partial charge in [-0.15, -0.1) is 0 Å². The zero-order valence-corrected chi connectivity index (χ0v) is 18.2. The summed E-state index contributed by atoms with van der Waals surface area (Å²) in [5.74, 6) is 1.59. The summed E-state index contributed by atoms with van der Waals surface area (Å²) in [5, 5.41) is 7.36. The summed E-state index contributed by atoms with van der Waals surface area (Å²) in [6, 6.07) is 16.2. The minimum atomic E-state index is -3.83. The number of carbonyl (C=O) groups excluding carboxylic acids is 1. The van der Waals surface area contributed by atoms with Gasteiger partial charge in [0.25, 0.3) is 10.0 Å². The summed E-state index contributed by atoms with van der Waals surface area (Å²) >= 11 is 0. The third-order valence-electron chi connectivity index (χ3n) is 4.52. The molecule has 0 saturated carbocycles. The Labute approximate surface area is 185 Å². The fourth-order valence-electron chi connectivity index (χ4n) is 3.00. The van der Waals surface area contributed by atoms with Gasteiger partial charge >= 0.3 is 0 Å². The van der Waals surface area contributed by atoms with Crippen molar-refractivity contribution in [2.45, 2.75) is 18.7 Å². The van der Waals surface area contributed by atoms with Gasteiger partial charge in [-0.1, -0.05) is 12.1 Å². The molecule has 0 aliphatic heterocycles. The number of hydrogen-bond donors (Lipinski definition) is 2. The van der Waals surface area contributed by atoms with Crippen molar-refractivity contribution >= 4 is 33.0 Å². The van der Waals surface area contributed by atoms with Crippen LogP contribution in [0.5, 0.6) is 0 Å². The van der Waals surface area contributed by atoms with E-state index in [4.69, 9.17) is 0 Å². The van der Waals surface area contributed by atoms with Crippen LogP contribution in [0.25, 0.3) is 5.82 Å². The van der Waals surface area contributed by atoms with E-state index in [1.807, 2.05) is 0 Å². The van der Waals surface area contributed by atoms with Crippen LogP contribution in [0.1, 0.15) is 23.1 Å². The van der Waals surface area contributed by atoms with Gasteiger partial charge in [-0.3, -0.25) is 9.52 Å². The topological polar surface area (TPSA) is 119 Å². The lowest BCUT2D eigenvalue weighted by Gasteiger charge is -2.11. The molecule has 2 heterocycles. The van der Waals surface area contributed by atoms with Crippen molar-refractivity contribution in [3.63, 3.8) is 0 Å². The molecule has 9 nitrogen and oxygen atoms in total. The Bertz CT molecular complexity index is 1370. The SMILES string of the molecule is CC(=O)c1cccc(S(=O)(=O)Nc2ccc(Nc3cc(-n4cccn4)nc(C)n3)cc2)c1. The summed E-state index contributed by atoms with van der Waals surface area (Å²) in [5.41, 5.74) is 1.44. The van der Waals surface area contributed by atoms with Crippen molar-refractivity contribution in [1.29, 1.82) is 0 Å². The van der Waals surface area contributed by atoms with Gasteiger partial charge in [0.05, 0.1) is 4.90 Å². The minimum absolute atomic E-state index is 0.0232. The quantitative estimate of drug-likeness (QED) is 0.414. The first-order chi connectivity index (χ1) is 15.3. The Hall–Kier alpha value is -4.05. The lowest BCUT2D eigenvalue weighted by molar-refractivity contribution is 0.101. The number of Topliss-reactive ketones (excluding diaryl/α,β-unsaturated/α-hetero) is 1. The van der Waals surface area contributed by atoms with Crippen molar-refractivity contribution in [3.05, 3.63) is 84.4 Å². The molecule has 0 fully saturated rings. The van der Waals surface area contributed by atoms with Gasteiger partial charge < -0.3 is 5.32 Å². The molecule has 4 aromatic rings. The number of nitrogens with zero attached hydrogens (tertiary/aromatic N) is 4. The highest BCUT2D eigenvalue weighted by Gasteiger charge is 2.15. The Balaban J connectivity index is 1.50. The Kier molecular flexibility index (Phi) is 5.69. The van der Waals surface area contributed by atoms with Crippen LogP contribution in [0.2, 0.25) is 0 Å². The van der Waals surface area contributed by atoms with Crippen molar-refractivity contribution in [2.24, 2.45) is 0 Å². The molecule has 0 amide bonds. The van der Waals surface area contributed by atoms with E-state index in [0.29, 0.717) is 28.7 Å². The van der Waals surface area contributed by atoms with Gasteiger partial charge in [0, 0.05) is 35.4 Å². The van der Waals surface area contributed by atoms with Gasteiger partial charge in [0.2, 0.25) is 0 Å². The van der Waals surface area contributed by atoms with Crippen molar-refractivity contribution < 1.29 is 13.2 Å². The van der Waals surface area contributed by atoms with E-state index in [-0.39, 0.29) is 10.7 Å².